The molecule has 0 heterocycles. The lowest BCUT2D eigenvalue weighted by Crippen LogP contribution is -2.38. The summed E-state index contributed by atoms with van der Waals surface area (Å²) in [6.45, 7) is 1.45. The summed E-state index contributed by atoms with van der Waals surface area (Å²) in [5.74, 6) is 1.45. The largest absolute Gasteiger partial charge is 0.484 e. The summed E-state index contributed by atoms with van der Waals surface area (Å²) in [6.07, 6.45) is 2.15. The van der Waals surface area contributed by atoms with Crippen molar-refractivity contribution in [1.82, 2.24) is 15.5 Å². The van der Waals surface area contributed by atoms with Crippen LogP contribution in [0.4, 0.5) is 0 Å². The Balaban J connectivity index is 0.00000300. The summed E-state index contributed by atoms with van der Waals surface area (Å²) in [6, 6.07) is 18.4. The molecule has 1 aliphatic rings. The van der Waals surface area contributed by atoms with Crippen molar-refractivity contribution in [2.45, 2.75) is 32.0 Å². The van der Waals surface area contributed by atoms with E-state index in [0.717, 1.165) is 30.9 Å². The minimum absolute atomic E-state index is 0. The number of guanidine groups is 1. The lowest BCUT2D eigenvalue weighted by atomic mass is 10.2. The van der Waals surface area contributed by atoms with Crippen LogP contribution in [0.25, 0.3) is 0 Å². The number of amides is 1. The zero-order valence-corrected chi connectivity index (χ0v) is 19.3. The van der Waals surface area contributed by atoms with Gasteiger partial charge in [0.2, 0.25) is 0 Å². The van der Waals surface area contributed by atoms with Crippen molar-refractivity contribution in [3.63, 3.8) is 0 Å². The van der Waals surface area contributed by atoms with Gasteiger partial charge >= 0.3 is 0 Å². The van der Waals surface area contributed by atoms with E-state index in [1.807, 2.05) is 49.5 Å². The highest BCUT2D eigenvalue weighted by molar-refractivity contribution is 14.0. The lowest BCUT2D eigenvalue weighted by Gasteiger charge is -2.22. The average molecular weight is 508 g/mol. The van der Waals surface area contributed by atoms with Gasteiger partial charge in [-0.15, -0.1) is 24.0 Å². The van der Waals surface area contributed by atoms with Gasteiger partial charge in [0.05, 0.1) is 0 Å². The monoisotopic (exact) mass is 508 g/mol. The van der Waals surface area contributed by atoms with Gasteiger partial charge in [-0.1, -0.05) is 42.5 Å². The summed E-state index contributed by atoms with van der Waals surface area (Å²) >= 11 is 0. The third kappa shape index (κ3) is 7.92. The maximum Gasteiger partial charge on any atom is 0.258 e. The van der Waals surface area contributed by atoms with Crippen LogP contribution in [0.3, 0.4) is 0 Å². The van der Waals surface area contributed by atoms with Crippen LogP contribution in [0.5, 0.6) is 5.75 Å². The number of ether oxygens (including phenoxy) is 1. The molecule has 3 rings (SSSR count). The molecule has 1 amide bonds. The number of nitrogens with zero attached hydrogens (tertiary/aromatic N) is 2. The number of aliphatic imine (C=N–C) groups is 1. The average Bonchev–Trinajstić information content (AvgIpc) is 3.52. The molecule has 0 aromatic heterocycles. The van der Waals surface area contributed by atoms with Gasteiger partial charge in [0.1, 0.15) is 5.75 Å². The fourth-order valence-electron chi connectivity index (χ4n) is 2.89. The minimum Gasteiger partial charge on any atom is -0.484 e. The van der Waals surface area contributed by atoms with Crippen LogP contribution in [0.15, 0.2) is 59.6 Å². The Labute approximate surface area is 189 Å². The predicted octanol–water partition coefficient (Wildman–Crippen LogP) is 3.17. The zero-order chi connectivity index (χ0) is 19.8. The molecule has 2 aromatic carbocycles. The van der Waals surface area contributed by atoms with E-state index in [4.69, 9.17) is 4.74 Å². The number of benzene rings is 2. The van der Waals surface area contributed by atoms with E-state index in [9.17, 15) is 4.79 Å². The molecule has 156 valence electrons. The van der Waals surface area contributed by atoms with Gasteiger partial charge in [0, 0.05) is 33.2 Å². The number of rotatable bonds is 8. The molecule has 1 saturated carbocycles. The third-order valence-electron chi connectivity index (χ3n) is 4.50. The van der Waals surface area contributed by atoms with E-state index in [1.165, 1.54) is 5.56 Å². The number of hydrogen-bond donors (Lipinski definition) is 2. The molecule has 6 nitrogen and oxygen atoms in total. The second kappa shape index (κ2) is 11.6. The Bertz CT molecular complexity index is 809. The third-order valence-corrected chi connectivity index (χ3v) is 4.50. The second-order valence-corrected chi connectivity index (χ2v) is 7.02. The van der Waals surface area contributed by atoms with Crippen LogP contribution in [0.2, 0.25) is 0 Å². The first-order chi connectivity index (χ1) is 13.6. The van der Waals surface area contributed by atoms with Gasteiger partial charge in [-0.05, 0) is 36.1 Å². The standard InChI is InChI=1S/C22H28N4O2.HI/c1-23-22(26(2)15-17-7-4-3-5-8-17)24-14-18-9-6-10-20(13-18)28-16-21(27)25-19-11-12-19;/h3-10,13,19H,11-12,14-16H2,1-2H3,(H,23,24)(H,25,27);1H. The molecular weight excluding hydrogens is 479 g/mol. The quantitative estimate of drug-likeness (QED) is 0.327. The summed E-state index contributed by atoms with van der Waals surface area (Å²) < 4.78 is 5.62. The molecule has 0 saturated heterocycles. The highest BCUT2D eigenvalue weighted by atomic mass is 127. The summed E-state index contributed by atoms with van der Waals surface area (Å²) in [7, 11) is 3.79. The van der Waals surface area contributed by atoms with Gasteiger partial charge in [0.25, 0.3) is 5.91 Å². The van der Waals surface area contributed by atoms with Crippen LogP contribution < -0.4 is 15.4 Å². The second-order valence-electron chi connectivity index (χ2n) is 7.02. The van der Waals surface area contributed by atoms with Crippen molar-refractivity contribution in [3.05, 3.63) is 65.7 Å². The Morgan fingerprint density at radius 3 is 2.55 bits per heavy atom. The fourth-order valence-corrected chi connectivity index (χ4v) is 2.89. The number of halogens is 1. The van der Waals surface area contributed by atoms with Crippen molar-refractivity contribution in [3.8, 4) is 5.75 Å². The molecule has 0 radical (unpaired) electrons. The number of carbonyl (C=O) groups is 1. The summed E-state index contributed by atoms with van der Waals surface area (Å²) in [4.78, 5) is 18.2. The molecule has 0 spiro atoms. The molecule has 0 bridgehead atoms. The SMILES string of the molecule is CN=C(NCc1cccc(OCC(=O)NC2CC2)c1)N(C)Cc1ccccc1.I. The van der Waals surface area contributed by atoms with Crippen LogP contribution >= 0.6 is 24.0 Å². The molecule has 0 aliphatic heterocycles. The van der Waals surface area contributed by atoms with E-state index in [2.05, 4.69) is 32.7 Å². The van der Waals surface area contributed by atoms with Crippen molar-refractivity contribution in [2.24, 2.45) is 4.99 Å². The van der Waals surface area contributed by atoms with Crippen LogP contribution in [0, 0.1) is 0 Å². The molecule has 0 atom stereocenters. The molecule has 1 aliphatic carbocycles. The molecule has 2 aromatic rings. The highest BCUT2D eigenvalue weighted by Crippen LogP contribution is 2.18. The van der Waals surface area contributed by atoms with Crippen LogP contribution in [0.1, 0.15) is 24.0 Å². The van der Waals surface area contributed by atoms with Crippen molar-refractivity contribution < 1.29 is 9.53 Å². The summed E-state index contributed by atoms with van der Waals surface area (Å²) in [5, 5.41) is 6.29. The topological polar surface area (TPSA) is 66.0 Å². The van der Waals surface area contributed by atoms with E-state index in [-0.39, 0.29) is 36.5 Å². The Hall–Kier alpha value is -2.29. The van der Waals surface area contributed by atoms with Crippen molar-refractivity contribution in [2.75, 3.05) is 20.7 Å². The van der Waals surface area contributed by atoms with Crippen molar-refractivity contribution >= 4 is 35.8 Å². The Morgan fingerprint density at radius 1 is 1.14 bits per heavy atom. The molecule has 7 heteroatoms. The van der Waals surface area contributed by atoms with Gasteiger partial charge in [-0.2, -0.15) is 0 Å². The lowest BCUT2D eigenvalue weighted by molar-refractivity contribution is -0.123. The summed E-state index contributed by atoms with van der Waals surface area (Å²) in [5.41, 5.74) is 2.29. The van der Waals surface area contributed by atoms with E-state index in [1.54, 1.807) is 7.05 Å². The highest BCUT2D eigenvalue weighted by Gasteiger charge is 2.23. The first-order valence-electron chi connectivity index (χ1n) is 9.61. The molecular formula is C22H29IN4O2. The van der Waals surface area contributed by atoms with Gasteiger partial charge < -0.3 is 20.3 Å². The first kappa shape index (κ1) is 23.0. The van der Waals surface area contributed by atoms with E-state index in [0.29, 0.717) is 18.3 Å². The van der Waals surface area contributed by atoms with Gasteiger partial charge in [-0.3, -0.25) is 9.79 Å². The molecule has 2 N–H and O–H groups in total. The number of hydrogen-bond acceptors (Lipinski definition) is 3. The van der Waals surface area contributed by atoms with Gasteiger partial charge in [0.15, 0.2) is 12.6 Å². The zero-order valence-electron chi connectivity index (χ0n) is 16.9. The minimum atomic E-state index is -0.0611. The Kier molecular flexibility index (Phi) is 9.24. The van der Waals surface area contributed by atoms with Gasteiger partial charge in [-0.25, -0.2) is 0 Å². The van der Waals surface area contributed by atoms with Crippen molar-refractivity contribution in [1.29, 1.82) is 0 Å². The van der Waals surface area contributed by atoms with Crippen LogP contribution in [-0.2, 0) is 17.9 Å². The van der Waals surface area contributed by atoms with E-state index >= 15 is 0 Å². The maximum atomic E-state index is 11.8. The maximum absolute atomic E-state index is 11.8. The smallest absolute Gasteiger partial charge is 0.258 e. The molecule has 1 fully saturated rings. The Morgan fingerprint density at radius 2 is 1.86 bits per heavy atom. The van der Waals surface area contributed by atoms with E-state index < -0.39 is 0 Å². The number of nitrogens with one attached hydrogen (secondary N) is 2. The predicted molar refractivity (Wildman–Crippen MR) is 127 cm³/mol. The molecule has 0 unspecified atom stereocenters. The fraction of sp³-hybridized carbons (Fsp3) is 0.364. The normalized spacial score (nSPS) is 13.2. The van der Waals surface area contributed by atoms with Crippen LogP contribution in [-0.4, -0.2) is 43.5 Å². The first-order valence-corrected chi connectivity index (χ1v) is 9.61. The molecule has 29 heavy (non-hydrogen) atoms. The number of carbonyl (C=O) groups excluding carboxylic acids is 1.